The van der Waals surface area contributed by atoms with Crippen LogP contribution in [0.3, 0.4) is 0 Å². The van der Waals surface area contributed by atoms with E-state index in [1.807, 2.05) is 0 Å². The number of carbonyl (C=O) groups is 1. The van der Waals surface area contributed by atoms with Gasteiger partial charge in [-0.2, -0.15) is 13.2 Å². The Morgan fingerprint density at radius 3 is 2.19 bits per heavy atom. The molecule has 0 aliphatic carbocycles. The van der Waals surface area contributed by atoms with Gasteiger partial charge in [0.15, 0.2) is 5.78 Å². The van der Waals surface area contributed by atoms with Crippen molar-refractivity contribution in [2.45, 2.75) is 22.9 Å². The van der Waals surface area contributed by atoms with Crippen LogP contribution in [0.4, 0.5) is 13.2 Å². The SMILES string of the molecule is CC(=O)c1ccc(Sc2ccc(C(F)(F)F)cc2)c(Br)c1. The van der Waals surface area contributed by atoms with Gasteiger partial charge in [0.1, 0.15) is 0 Å². The summed E-state index contributed by atoms with van der Waals surface area (Å²) in [5.41, 5.74) is -0.0866. The molecule has 2 rings (SSSR count). The predicted octanol–water partition coefficient (Wildman–Crippen LogP) is 5.82. The molecule has 2 aromatic rings. The summed E-state index contributed by atoms with van der Waals surface area (Å²) in [5.74, 6) is -0.0400. The summed E-state index contributed by atoms with van der Waals surface area (Å²) in [6, 6.07) is 10.1. The van der Waals surface area contributed by atoms with E-state index in [0.29, 0.717) is 10.5 Å². The number of Topliss-reactive ketones (excluding diaryl/α,β-unsaturated/α-hetero) is 1. The lowest BCUT2D eigenvalue weighted by Gasteiger charge is -2.09. The number of benzene rings is 2. The molecule has 0 aromatic heterocycles. The van der Waals surface area contributed by atoms with Gasteiger partial charge in [0.05, 0.1) is 5.56 Å². The molecule has 0 spiro atoms. The van der Waals surface area contributed by atoms with E-state index in [2.05, 4.69) is 15.9 Å². The summed E-state index contributed by atoms with van der Waals surface area (Å²) in [7, 11) is 0. The van der Waals surface area contributed by atoms with Crippen molar-refractivity contribution in [2.24, 2.45) is 0 Å². The fourth-order valence-corrected chi connectivity index (χ4v) is 3.08. The molecule has 0 aliphatic rings. The summed E-state index contributed by atoms with van der Waals surface area (Å²) in [4.78, 5) is 12.8. The maximum absolute atomic E-state index is 12.5. The van der Waals surface area contributed by atoms with Crippen LogP contribution in [0.1, 0.15) is 22.8 Å². The molecule has 110 valence electrons. The van der Waals surface area contributed by atoms with Crippen LogP contribution in [0.2, 0.25) is 0 Å². The van der Waals surface area contributed by atoms with Crippen LogP contribution in [0.5, 0.6) is 0 Å². The fourth-order valence-electron chi connectivity index (χ4n) is 1.64. The first kappa shape index (κ1) is 16.1. The Bertz CT molecular complexity index is 666. The van der Waals surface area contributed by atoms with Gasteiger partial charge in [-0.3, -0.25) is 4.79 Å². The van der Waals surface area contributed by atoms with Crippen molar-refractivity contribution in [1.29, 1.82) is 0 Å². The Labute approximate surface area is 132 Å². The van der Waals surface area contributed by atoms with E-state index in [-0.39, 0.29) is 5.78 Å². The molecule has 0 heterocycles. The van der Waals surface area contributed by atoms with Gasteiger partial charge in [-0.1, -0.05) is 17.8 Å². The number of hydrogen-bond donors (Lipinski definition) is 0. The second-order valence-corrected chi connectivity index (χ2v) is 6.30. The first-order valence-corrected chi connectivity index (χ1v) is 7.54. The third-order valence-corrected chi connectivity index (χ3v) is 4.75. The van der Waals surface area contributed by atoms with Gasteiger partial charge < -0.3 is 0 Å². The smallest absolute Gasteiger partial charge is 0.295 e. The number of alkyl halides is 3. The molecule has 0 amide bonds. The lowest BCUT2D eigenvalue weighted by atomic mass is 10.2. The number of hydrogen-bond acceptors (Lipinski definition) is 2. The maximum atomic E-state index is 12.5. The largest absolute Gasteiger partial charge is 0.416 e. The van der Waals surface area contributed by atoms with E-state index < -0.39 is 11.7 Å². The number of halogens is 4. The summed E-state index contributed by atoms with van der Waals surface area (Å²) in [5, 5.41) is 0. The molecular formula is C15H10BrF3OS. The van der Waals surface area contributed by atoms with Gasteiger partial charge in [0.25, 0.3) is 0 Å². The minimum Gasteiger partial charge on any atom is -0.295 e. The van der Waals surface area contributed by atoms with Crippen molar-refractivity contribution < 1.29 is 18.0 Å². The molecule has 0 N–H and O–H groups in total. The number of carbonyl (C=O) groups excluding carboxylic acids is 1. The number of ketones is 1. The molecule has 1 nitrogen and oxygen atoms in total. The van der Waals surface area contributed by atoms with Crippen LogP contribution in [0, 0.1) is 0 Å². The van der Waals surface area contributed by atoms with Crippen LogP contribution in [-0.4, -0.2) is 5.78 Å². The zero-order valence-corrected chi connectivity index (χ0v) is 13.3. The van der Waals surface area contributed by atoms with Crippen molar-refractivity contribution >= 4 is 33.5 Å². The quantitative estimate of drug-likeness (QED) is 0.629. The Hall–Kier alpha value is -1.27. The Balaban J connectivity index is 2.20. The van der Waals surface area contributed by atoms with E-state index in [1.54, 1.807) is 18.2 Å². The molecule has 0 atom stereocenters. The normalized spacial score (nSPS) is 11.5. The second-order valence-electron chi connectivity index (χ2n) is 4.33. The molecule has 0 radical (unpaired) electrons. The highest BCUT2D eigenvalue weighted by atomic mass is 79.9. The molecule has 0 fully saturated rings. The number of rotatable bonds is 3. The first-order chi connectivity index (χ1) is 9.77. The monoisotopic (exact) mass is 374 g/mol. The van der Waals surface area contributed by atoms with Crippen molar-refractivity contribution in [3.05, 3.63) is 58.1 Å². The molecule has 21 heavy (non-hydrogen) atoms. The summed E-state index contributed by atoms with van der Waals surface area (Å²) >= 11 is 4.69. The minimum absolute atomic E-state index is 0.0400. The average molecular weight is 375 g/mol. The van der Waals surface area contributed by atoms with E-state index in [1.165, 1.54) is 30.8 Å². The summed E-state index contributed by atoms with van der Waals surface area (Å²) < 4.78 is 38.2. The lowest BCUT2D eigenvalue weighted by molar-refractivity contribution is -0.137. The van der Waals surface area contributed by atoms with Crippen molar-refractivity contribution in [1.82, 2.24) is 0 Å². The van der Waals surface area contributed by atoms with Gasteiger partial charge in [-0.15, -0.1) is 0 Å². The van der Waals surface area contributed by atoms with Gasteiger partial charge in [0, 0.05) is 19.8 Å². The van der Waals surface area contributed by atoms with Crippen LogP contribution < -0.4 is 0 Å². The summed E-state index contributed by atoms with van der Waals surface area (Å²) in [6.45, 7) is 1.48. The van der Waals surface area contributed by atoms with Crippen LogP contribution in [0.25, 0.3) is 0 Å². The van der Waals surface area contributed by atoms with E-state index >= 15 is 0 Å². The Kier molecular flexibility index (Phi) is 4.78. The third kappa shape index (κ3) is 4.11. The highest BCUT2D eigenvalue weighted by Gasteiger charge is 2.29. The van der Waals surface area contributed by atoms with Gasteiger partial charge in [-0.05, 0) is 59.3 Å². The maximum Gasteiger partial charge on any atom is 0.416 e. The molecule has 0 saturated carbocycles. The van der Waals surface area contributed by atoms with Gasteiger partial charge >= 0.3 is 6.18 Å². The molecule has 6 heteroatoms. The zero-order chi connectivity index (χ0) is 15.6. The molecule has 0 saturated heterocycles. The van der Waals surface area contributed by atoms with Gasteiger partial charge in [0.2, 0.25) is 0 Å². The lowest BCUT2D eigenvalue weighted by Crippen LogP contribution is -2.03. The Morgan fingerprint density at radius 2 is 1.71 bits per heavy atom. The van der Waals surface area contributed by atoms with Crippen molar-refractivity contribution in [2.75, 3.05) is 0 Å². The van der Waals surface area contributed by atoms with Crippen LogP contribution in [0.15, 0.2) is 56.7 Å². The highest BCUT2D eigenvalue weighted by Crippen LogP contribution is 2.36. The van der Waals surface area contributed by atoms with Gasteiger partial charge in [-0.25, -0.2) is 0 Å². The van der Waals surface area contributed by atoms with E-state index in [0.717, 1.165) is 21.5 Å². The summed E-state index contributed by atoms with van der Waals surface area (Å²) in [6.07, 6.45) is -4.33. The standard InChI is InChI=1S/C15H10BrF3OS/c1-9(20)10-2-7-14(13(16)8-10)21-12-5-3-11(4-6-12)15(17,18)19/h2-8H,1H3. The first-order valence-electron chi connectivity index (χ1n) is 5.93. The molecule has 2 aromatic carbocycles. The Morgan fingerprint density at radius 1 is 1.10 bits per heavy atom. The van der Waals surface area contributed by atoms with E-state index in [9.17, 15) is 18.0 Å². The van der Waals surface area contributed by atoms with Crippen LogP contribution in [-0.2, 0) is 6.18 Å². The third-order valence-electron chi connectivity index (χ3n) is 2.75. The zero-order valence-electron chi connectivity index (χ0n) is 10.9. The fraction of sp³-hybridized carbons (Fsp3) is 0.133. The molecular weight excluding hydrogens is 365 g/mol. The second kappa shape index (κ2) is 6.23. The highest BCUT2D eigenvalue weighted by molar-refractivity contribution is 9.10. The minimum atomic E-state index is -4.33. The predicted molar refractivity (Wildman–Crippen MR) is 79.7 cm³/mol. The van der Waals surface area contributed by atoms with Crippen LogP contribution >= 0.6 is 27.7 Å². The molecule has 0 unspecified atom stereocenters. The average Bonchev–Trinajstić information content (AvgIpc) is 2.40. The topological polar surface area (TPSA) is 17.1 Å². The molecule has 0 bridgehead atoms. The molecule has 0 aliphatic heterocycles. The van der Waals surface area contributed by atoms with E-state index in [4.69, 9.17) is 0 Å². The van der Waals surface area contributed by atoms with Crippen molar-refractivity contribution in [3.8, 4) is 0 Å². The van der Waals surface area contributed by atoms with Crippen molar-refractivity contribution in [3.63, 3.8) is 0 Å².